The number of oxazole rings is 1. The molecule has 0 bridgehead atoms. The molecule has 74 valence electrons. The summed E-state index contributed by atoms with van der Waals surface area (Å²) in [5.74, 6) is 0.435. The number of anilines is 1. The molecule has 0 fully saturated rings. The Balaban J connectivity index is 2.22. The van der Waals surface area contributed by atoms with Crippen molar-refractivity contribution < 1.29 is 4.42 Å². The predicted molar refractivity (Wildman–Crippen MR) is 53.8 cm³/mol. The number of hydrogen-bond acceptors (Lipinski definition) is 5. The number of aromatic amines is 1. The van der Waals surface area contributed by atoms with Gasteiger partial charge in [0.2, 0.25) is 5.89 Å². The van der Waals surface area contributed by atoms with E-state index in [9.17, 15) is 0 Å². The smallest absolute Gasteiger partial charge is 0.249 e. The second-order valence-electron chi connectivity index (χ2n) is 3.10. The van der Waals surface area contributed by atoms with E-state index >= 15 is 0 Å². The van der Waals surface area contributed by atoms with E-state index in [2.05, 4.69) is 20.4 Å². The van der Waals surface area contributed by atoms with Crippen LogP contribution < -0.4 is 5.73 Å². The topological polar surface area (TPSA) is 93.6 Å². The van der Waals surface area contributed by atoms with Gasteiger partial charge in [0.15, 0.2) is 11.3 Å². The van der Waals surface area contributed by atoms with E-state index in [1.165, 1.54) is 0 Å². The standard InChI is InChI=1S/C9H7N5O/c10-5-1-2-6-8(3-5)15-9(12-6)7-4-11-14-13-7/h1-4H,10H2,(H,11,13,14). The van der Waals surface area contributed by atoms with Gasteiger partial charge in [-0.3, -0.25) is 0 Å². The third kappa shape index (κ3) is 1.23. The number of nitrogens with two attached hydrogens (primary N) is 1. The number of hydrogen-bond donors (Lipinski definition) is 2. The third-order valence-corrected chi connectivity index (χ3v) is 2.05. The fraction of sp³-hybridized carbons (Fsp3) is 0. The van der Waals surface area contributed by atoms with Gasteiger partial charge in [-0.1, -0.05) is 0 Å². The molecule has 0 aliphatic carbocycles. The van der Waals surface area contributed by atoms with E-state index in [0.29, 0.717) is 22.9 Å². The lowest BCUT2D eigenvalue weighted by atomic mass is 10.3. The largest absolute Gasteiger partial charge is 0.435 e. The highest BCUT2D eigenvalue weighted by Gasteiger charge is 2.10. The highest BCUT2D eigenvalue weighted by Crippen LogP contribution is 2.23. The van der Waals surface area contributed by atoms with Gasteiger partial charge in [0.25, 0.3) is 0 Å². The number of benzene rings is 1. The number of H-pyrrole nitrogens is 1. The highest BCUT2D eigenvalue weighted by atomic mass is 16.3. The summed E-state index contributed by atoms with van der Waals surface area (Å²) in [6.07, 6.45) is 1.55. The summed E-state index contributed by atoms with van der Waals surface area (Å²) < 4.78 is 5.48. The minimum Gasteiger partial charge on any atom is -0.435 e. The molecular formula is C9H7N5O. The Hall–Kier alpha value is -2.37. The van der Waals surface area contributed by atoms with Crippen LogP contribution in [-0.2, 0) is 0 Å². The van der Waals surface area contributed by atoms with Crippen LogP contribution in [-0.4, -0.2) is 20.4 Å². The van der Waals surface area contributed by atoms with Gasteiger partial charge in [-0.2, -0.15) is 15.4 Å². The van der Waals surface area contributed by atoms with Crippen LogP contribution in [0, 0.1) is 0 Å². The number of nitrogens with zero attached hydrogens (tertiary/aromatic N) is 3. The zero-order chi connectivity index (χ0) is 10.3. The summed E-state index contributed by atoms with van der Waals surface area (Å²) >= 11 is 0. The molecule has 2 aromatic heterocycles. The Morgan fingerprint density at radius 1 is 1.33 bits per heavy atom. The molecule has 0 saturated carbocycles. The van der Waals surface area contributed by atoms with Crippen LogP contribution in [0.3, 0.4) is 0 Å². The summed E-state index contributed by atoms with van der Waals surface area (Å²) in [6, 6.07) is 5.31. The Labute approximate surface area is 84.1 Å². The van der Waals surface area contributed by atoms with Crippen LogP contribution in [0.1, 0.15) is 0 Å². The van der Waals surface area contributed by atoms with E-state index in [1.54, 1.807) is 24.4 Å². The molecular weight excluding hydrogens is 194 g/mol. The van der Waals surface area contributed by atoms with Crippen LogP contribution in [0.2, 0.25) is 0 Å². The predicted octanol–water partition coefficient (Wildman–Crippen LogP) is 1.20. The zero-order valence-corrected chi connectivity index (χ0v) is 7.64. The Bertz CT molecular complexity index is 598. The normalized spacial score (nSPS) is 10.9. The second-order valence-corrected chi connectivity index (χ2v) is 3.10. The minimum atomic E-state index is 0.435. The maximum Gasteiger partial charge on any atom is 0.249 e. The van der Waals surface area contributed by atoms with Crippen molar-refractivity contribution in [3.63, 3.8) is 0 Å². The Kier molecular flexibility index (Phi) is 1.49. The summed E-state index contributed by atoms with van der Waals surface area (Å²) in [5.41, 5.74) is 8.25. The third-order valence-electron chi connectivity index (χ3n) is 2.05. The van der Waals surface area contributed by atoms with Crippen LogP contribution in [0.25, 0.3) is 22.7 Å². The fourth-order valence-electron chi connectivity index (χ4n) is 1.36. The molecule has 3 aromatic rings. The number of nitrogens with one attached hydrogen (secondary N) is 1. The van der Waals surface area contributed by atoms with Crippen molar-refractivity contribution in [2.75, 3.05) is 5.73 Å². The minimum absolute atomic E-state index is 0.435. The van der Waals surface area contributed by atoms with Gasteiger partial charge in [-0.05, 0) is 12.1 Å². The van der Waals surface area contributed by atoms with Crippen molar-refractivity contribution in [1.29, 1.82) is 0 Å². The first-order chi connectivity index (χ1) is 7.33. The number of aromatic nitrogens is 4. The van der Waals surface area contributed by atoms with Crippen molar-refractivity contribution in [3.8, 4) is 11.6 Å². The molecule has 0 spiro atoms. The quantitative estimate of drug-likeness (QED) is 0.577. The van der Waals surface area contributed by atoms with Crippen LogP contribution in [0.4, 0.5) is 5.69 Å². The molecule has 0 amide bonds. The second kappa shape index (κ2) is 2.81. The van der Waals surface area contributed by atoms with Crippen molar-refractivity contribution in [2.24, 2.45) is 0 Å². The van der Waals surface area contributed by atoms with Crippen LogP contribution in [0.15, 0.2) is 28.8 Å². The van der Waals surface area contributed by atoms with Gasteiger partial charge in [0.05, 0.1) is 6.20 Å². The summed E-state index contributed by atoms with van der Waals surface area (Å²) in [7, 11) is 0. The van der Waals surface area contributed by atoms with E-state index in [4.69, 9.17) is 10.2 Å². The monoisotopic (exact) mass is 201 g/mol. The summed E-state index contributed by atoms with van der Waals surface area (Å²) in [4.78, 5) is 4.25. The molecule has 1 aromatic carbocycles. The van der Waals surface area contributed by atoms with Crippen molar-refractivity contribution >= 4 is 16.8 Å². The average molecular weight is 201 g/mol. The lowest BCUT2D eigenvalue weighted by Gasteiger charge is -1.88. The lowest BCUT2D eigenvalue weighted by molar-refractivity contribution is 0.616. The van der Waals surface area contributed by atoms with Crippen LogP contribution in [0.5, 0.6) is 0 Å². The fourth-order valence-corrected chi connectivity index (χ4v) is 1.36. The first-order valence-corrected chi connectivity index (χ1v) is 4.35. The molecule has 0 radical (unpaired) electrons. The highest BCUT2D eigenvalue weighted by molar-refractivity contribution is 5.78. The first-order valence-electron chi connectivity index (χ1n) is 4.35. The molecule has 0 saturated heterocycles. The molecule has 2 heterocycles. The molecule has 0 unspecified atom stereocenters. The van der Waals surface area contributed by atoms with Crippen molar-refractivity contribution in [3.05, 3.63) is 24.4 Å². The van der Waals surface area contributed by atoms with E-state index in [-0.39, 0.29) is 0 Å². The molecule has 15 heavy (non-hydrogen) atoms. The van der Waals surface area contributed by atoms with Gasteiger partial charge >= 0.3 is 0 Å². The molecule has 0 aliphatic rings. The molecule has 3 rings (SSSR count). The van der Waals surface area contributed by atoms with Gasteiger partial charge in [0.1, 0.15) is 5.52 Å². The first kappa shape index (κ1) is 7.98. The summed E-state index contributed by atoms with van der Waals surface area (Å²) in [6.45, 7) is 0. The molecule has 0 aliphatic heterocycles. The van der Waals surface area contributed by atoms with Crippen molar-refractivity contribution in [2.45, 2.75) is 0 Å². The maximum absolute atomic E-state index is 5.63. The Morgan fingerprint density at radius 2 is 2.27 bits per heavy atom. The maximum atomic E-state index is 5.63. The van der Waals surface area contributed by atoms with E-state index in [0.717, 1.165) is 5.52 Å². The number of rotatable bonds is 1. The lowest BCUT2D eigenvalue weighted by Crippen LogP contribution is -1.81. The Morgan fingerprint density at radius 3 is 3.07 bits per heavy atom. The number of nitrogen functional groups attached to an aromatic ring is 1. The van der Waals surface area contributed by atoms with Crippen molar-refractivity contribution in [1.82, 2.24) is 20.4 Å². The molecule has 0 atom stereocenters. The average Bonchev–Trinajstić information content (AvgIpc) is 2.84. The SMILES string of the molecule is Nc1ccc2nc(-c3cn[nH]n3)oc2c1. The van der Waals surface area contributed by atoms with E-state index < -0.39 is 0 Å². The number of fused-ring (bicyclic) bond motifs is 1. The van der Waals surface area contributed by atoms with Crippen LogP contribution >= 0.6 is 0 Å². The van der Waals surface area contributed by atoms with E-state index in [1.807, 2.05) is 0 Å². The molecule has 6 heteroatoms. The van der Waals surface area contributed by atoms with Gasteiger partial charge < -0.3 is 10.2 Å². The van der Waals surface area contributed by atoms with Gasteiger partial charge in [0, 0.05) is 11.8 Å². The molecule has 3 N–H and O–H groups in total. The van der Waals surface area contributed by atoms with Gasteiger partial charge in [-0.25, -0.2) is 4.98 Å². The van der Waals surface area contributed by atoms with Gasteiger partial charge in [-0.15, -0.1) is 0 Å². The molecule has 6 nitrogen and oxygen atoms in total. The zero-order valence-electron chi connectivity index (χ0n) is 7.64. The summed E-state index contributed by atoms with van der Waals surface area (Å²) in [5, 5.41) is 10.1.